The third-order valence-corrected chi connectivity index (χ3v) is 3.34. The number of pyridine rings is 1. The summed E-state index contributed by atoms with van der Waals surface area (Å²) >= 11 is 3.22. The lowest BCUT2D eigenvalue weighted by Gasteiger charge is -2.16. The Balaban J connectivity index is 1.99. The van der Waals surface area contributed by atoms with Gasteiger partial charge in [-0.15, -0.1) is 0 Å². The zero-order valence-corrected chi connectivity index (χ0v) is 12.4. The number of nitrogens with zero attached hydrogens (tertiary/aromatic N) is 1. The van der Waals surface area contributed by atoms with Crippen LogP contribution in [0.15, 0.2) is 53.3 Å². The molecule has 104 valence electrons. The highest BCUT2D eigenvalue weighted by Gasteiger charge is 2.13. The van der Waals surface area contributed by atoms with Gasteiger partial charge in [-0.05, 0) is 40.0 Å². The number of amides is 1. The number of nitrogens with one attached hydrogen (secondary N) is 1. The Morgan fingerprint density at radius 1 is 1.25 bits per heavy atom. The van der Waals surface area contributed by atoms with E-state index in [1.54, 1.807) is 12.1 Å². The molecule has 0 radical (unpaired) electrons. The second kappa shape index (κ2) is 7.17. The van der Waals surface area contributed by atoms with Crippen LogP contribution >= 0.6 is 15.9 Å². The highest BCUT2D eigenvalue weighted by molar-refractivity contribution is 9.10. The van der Waals surface area contributed by atoms with E-state index in [0.29, 0.717) is 16.6 Å². The van der Waals surface area contributed by atoms with E-state index in [-0.39, 0.29) is 18.6 Å². The highest BCUT2D eigenvalue weighted by Crippen LogP contribution is 2.07. The molecule has 1 heterocycles. The summed E-state index contributed by atoms with van der Waals surface area (Å²) in [5.41, 5.74) is 1.54. The maximum Gasteiger partial charge on any atom is 0.253 e. The van der Waals surface area contributed by atoms with Crippen molar-refractivity contribution in [2.75, 3.05) is 6.61 Å². The first-order valence-electron chi connectivity index (χ1n) is 6.26. The molecule has 2 N–H and O–H groups in total. The van der Waals surface area contributed by atoms with Gasteiger partial charge < -0.3 is 10.4 Å². The fourth-order valence-corrected chi connectivity index (χ4v) is 2.07. The summed E-state index contributed by atoms with van der Waals surface area (Å²) in [4.78, 5) is 16.0. The number of rotatable bonds is 5. The number of hydrogen-bond donors (Lipinski definition) is 2. The van der Waals surface area contributed by atoms with E-state index >= 15 is 0 Å². The van der Waals surface area contributed by atoms with E-state index in [1.165, 1.54) is 6.20 Å². The van der Waals surface area contributed by atoms with Crippen molar-refractivity contribution in [2.45, 2.75) is 12.5 Å². The molecule has 0 aliphatic heterocycles. The van der Waals surface area contributed by atoms with Gasteiger partial charge in [-0.25, -0.2) is 4.98 Å². The molecular formula is C15H15BrN2O2. The molecule has 1 aromatic carbocycles. The van der Waals surface area contributed by atoms with Gasteiger partial charge in [0.05, 0.1) is 18.2 Å². The van der Waals surface area contributed by atoms with E-state index in [4.69, 9.17) is 0 Å². The summed E-state index contributed by atoms with van der Waals surface area (Å²) < 4.78 is 0.678. The van der Waals surface area contributed by atoms with Crippen LogP contribution in [-0.2, 0) is 6.42 Å². The van der Waals surface area contributed by atoms with Gasteiger partial charge in [-0.1, -0.05) is 30.3 Å². The van der Waals surface area contributed by atoms with E-state index in [9.17, 15) is 9.90 Å². The predicted octanol–water partition coefficient (Wildman–Crippen LogP) is 2.18. The molecule has 1 amide bonds. The van der Waals surface area contributed by atoms with E-state index in [2.05, 4.69) is 26.2 Å². The summed E-state index contributed by atoms with van der Waals surface area (Å²) in [6, 6.07) is 12.8. The smallest absolute Gasteiger partial charge is 0.253 e. The highest BCUT2D eigenvalue weighted by atomic mass is 79.9. The van der Waals surface area contributed by atoms with E-state index in [1.807, 2.05) is 30.3 Å². The third kappa shape index (κ3) is 4.15. The van der Waals surface area contributed by atoms with Gasteiger partial charge in [0.25, 0.3) is 5.91 Å². The summed E-state index contributed by atoms with van der Waals surface area (Å²) in [5.74, 6) is -0.236. The Kier molecular flexibility index (Phi) is 5.26. The molecule has 0 saturated heterocycles. The lowest BCUT2D eigenvalue weighted by Crippen LogP contribution is -2.39. The van der Waals surface area contributed by atoms with Crippen molar-refractivity contribution in [3.05, 3.63) is 64.4 Å². The maximum absolute atomic E-state index is 12.0. The van der Waals surface area contributed by atoms with E-state index < -0.39 is 0 Å². The van der Waals surface area contributed by atoms with Gasteiger partial charge >= 0.3 is 0 Å². The Morgan fingerprint density at radius 2 is 2.00 bits per heavy atom. The number of carbonyl (C=O) groups is 1. The Morgan fingerprint density at radius 3 is 2.60 bits per heavy atom. The minimum absolute atomic E-state index is 0.107. The first-order valence-corrected chi connectivity index (χ1v) is 7.05. The number of aliphatic hydroxyl groups is 1. The van der Waals surface area contributed by atoms with Gasteiger partial charge in [0.2, 0.25) is 0 Å². The molecule has 1 atom stereocenters. The number of halogens is 1. The zero-order valence-electron chi connectivity index (χ0n) is 10.8. The molecule has 0 aliphatic carbocycles. The normalized spacial score (nSPS) is 11.9. The van der Waals surface area contributed by atoms with Crippen LogP contribution in [0.5, 0.6) is 0 Å². The van der Waals surface area contributed by atoms with Gasteiger partial charge in [-0.2, -0.15) is 0 Å². The largest absolute Gasteiger partial charge is 0.394 e. The quantitative estimate of drug-likeness (QED) is 0.824. The van der Waals surface area contributed by atoms with Crippen molar-refractivity contribution in [3.8, 4) is 0 Å². The topological polar surface area (TPSA) is 62.2 Å². The Labute approximate surface area is 126 Å². The maximum atomic E-state index is 12.0. The minimum atomic E-state index is -0.312. The summed E-state index contributed by atoms with van der Waals surface area (Å²) in [7, 11) is 0. The molecule has 5 heteroatoms. The fourth-order valence-electron chi connectivity index (χ4n) is 1.84. The molecule has 2 aromatic rings. The number of carbonyl (C=O) groups excluding carboxylic acids is 1. The monoisotopic (exact) mass is 334 g/mol. The Bertz CT molecular complexity index is 558. The molecule has 20 heavy (non-hydrogen) atoms. The van der Waals surface area contributed by atoms with Crippen molar-refractivity contribution in [2.24, 2.45) is 0 Å². The predicted molar refractivity (Wildman–Crippen MR) is 80.4 cm³/mol. The van der Waals surface area contributed by atoms with Crippen LogP contribution in [0.4, 0.5) is 0 Å². The summed E-state index contributed by atoms with van der Waals surface area (Å²) in [6.07, 6.45) is 2.09. The molecule has 0 bridgehead atoms. The van der Waals surface area contributed by atoms with Crippen molar-refractivity contribution in [3.63, 3.8) is 0 Å². The van der Waals surface area contributed by atoms with Crippen LogP contribution in [0.1, 0.15) is 15.9 Å². The zero-order chi connectivity index (χ0) is 14.4. The number of aliphatic hydroxyl groups excluding tert-OH is 1. The van der Waals surface area contributed by atoms with Crippen molar-refractivity contribution >= 4 is 21.8 Å². The molecule has 4 nitrogen and oxygen atoms in total. The first-order chi connectivity index (χ1) is 9.69. The SMILES string of the molecule is O=C(N[C@@H](CO)Cc1ccccc1)c1ccc(Br)nc1. The van der Waals surface area contributed by atoms with Gasteiger partial charge in [-0.3, -0.25) is 4.79 Å². The lowest BCUT2D eigenvalue weighted by atomic mass is 10.1. The second-order valence-electron chi connectivity index (χ2n) is 4.41. The van der Waals surface area contributed by atoms with Crippen LogP contribution < -0.4 is 5.32 Å². The van der Waals surface area contributed by atoms with Gasteiger partial charge in [0.1, 0.15) is 4.60 Å². The number of aromatic nitrogens is 1. The third-order valence-electron chi connectivity index (χ3n) is 2.87. The summed E-state index contributed by atoms with van der Waals surface area (Å²) in [6.45, 7) is -0.107. The van der Waals surface area contributed by atoms with Crippen molar-refractivity contribution < 1.29 is 9.90 Å². The Hall–Kier alpha value is -1.72. The lowest BCUT2D eigenvalue weighted by molar-refractivity contribution is 0.0916. The van der Waals surface area contributed by atoms with Crippen LogP contribution in [0.25, 0.3) is 0 Å². The van der Waals surface area contributed by atoms with Crippen molar-refractivity contribution in [1.29, 1.82) is 0 Å². The van der Waals surface area contributed by atoms with Crippen LogP contribution in [0.2, 0.25) is 0 Å². The van der Waals surface area contributed by atoms with Crippen molar-refractivity contribution in [1.82, 2.24) is 10.3 Å². The van der Waals surface area contributed by atoms with Crippen LogP contribution in [-0.4, -0.2) is 28.6 Å². The van der Waals surface area contributed by atoms with Crippen LogP contribution in [0, 0.1) is 0 Å². The molecular weight excluding hydrogens is 320 g/mol. The molecule has 0 unspecified atom stereocenters. The number of hydrogen-bond acceptors (Lipinski definition) is 3. The molecule has 1 aromatic heterocycles. The average molecular weight is 335 g/mol. The standard InChI is InChI=1S/C15H15BrN2O2/c16-14-7-6-12(9-17-14)15(20)18-13(10-19)8-11-4-2-1-3-5-11/h1-7,9,13,19H,8,10H2,(H,18,20)/t13-/m1/s1. The minimum Gasteiger partial charge on any atom is -0.394 e. The molecule has 0 saturated carbocycles. The molecule has 0 fully saturated rings. The number of benzene rings is 1. The summed E-state index contributed by atoms with van der Waals surface area (Å²) in [5, 5.41) is 12.2. The molecule has 0 spiro atoms. The molecule has 0 aliphatic rings. The van der Waals surface area contributed by atoms with Gasteiger partial charge in [0, 0.05) is 6.20 Å². The van der Waals surface area contributed by atoms with E-state index in [0.717, 1.165) is 5.56 Å². The second-order valence-corrected chi connectivity index (χ2v) is 5.22. The van der Waals surface area contributed by atoms with Gasteiger partial charge in [0.15, 0.2) is 0 Å². The fraction of sp³-hybridized carbons (Fsp3) is 0.200. The first kappa shape index (κ1) is 14.7. The molecule has 2 rings (SSSR count). The average Bonchev–Trinajstić information content (AvgIpc) is 2.48. The van der Waals surface area contributed by atoms with Crippen LogP contribution in [0.3, 0.4) is 0 Å².